The Labute approximate surface area is 100.0 Å². The van der Waals surface area contributed by atoms with E-state index < -0.39 is 0 Å². The molecule has 0 N–H and O–H groups in total. The lowest BCUT2D eigenvalue weighted by atomic mass is 10.2. The van der Waals surface area contributed by atoms with Crippen molar-refractivity contribution in [3.05, 3.63) is 46.3 Å². The molecule has 1 unspecified atom stereocenters. The minimum Gasteiger partial charge on any atom is -0.348 e. The third-order valence-electron chi connectivity index (χ3n) is 2.68. The van der Waals surface area contributed by atoms with Crippen molar-refractivity contribution in [1.82, 2.24) is 0 Å². The number of hydrogen-bond acceptors (Lipinski definition) is 3. The normalized spacial score (nSPS) is 24.7. The van der Waals surface area contributed by atoms with E-state index >= 15 is 0 Å². The molecule has 1 saturated heterocycles. The second kappa shape index (κ2) is 6.25. The lowest BCUT2D eigenvalue weighted by Crippen LogP contribution is -2.18. The van der Waals surface area contributed by atoms with Crippen LogP contribution in [-0.2, 0) is 9.47 Å². The van der Waals surface area contributed by atoms with Gasteiger partial charge in [0.25, 0.3) is 0 Å². The molecule has 2 rings (SSSR count). The number of azide groups is 1. The minimum atomic E-state index is -0.349. The van der Waals surface area contributed by atoms with Crippen LogP contribution in [0.5, 0.6) is 0 Å². The van der Waals surface area contributed by atoms with Crippen LogP contribution >= 0.6 is 0 Å². The van der Waals surface area contributed by atoms with E-state index in [9.17, 15) is 0 Å². The molecule has 0 saturated carbocycles. The van der Waals surface area contributed by atoms with Crippen LogP contribution < -0.4 is 0 Å². The van der Waals surface area contributed by atoms with Gasteiger partial charge < -0.3 is 9.47 Å². The van der Waals surface area contributed by atoms with Gasteiger partial charge in [-0.05, 0) is 18.4 Å². The van der Waals surface area contributed by atoms with Gasteiger partial charge in [-0.2, -0.15) is 0 Å². The molecule has 1 aromatic carbocycles. The van der Waals surface area contributed by atoms with E-state index in [1.165, 1.54) is 0 Å². The first-order valence-corrected chi connectivity index (χ1v) is 5.73. The van der Waals surface area contributed by atoms with E-state index in [0.29, 0.717) is 13.2 Å². The summed E-state index contributed by atoms with van der Waals surface area (Å²) in [5, 5.41) is 3.57. The Morgan fingerprint density at radius 1 is 1.35 bits per heavy atom. The molecule has 1 heterocycles. The molecule has 2 atom stereocenters. The summed E-state index contributed by atoms with van der Waals surface area (Å²) >= 11 is 0. The van der Waals surface area contributed by atoms with Gasteiger partial charge in [-0.3, -0.25) is 0 Å². The van der Waals surface area contributed by atoms with Crippen molar-refractivity contribution >= 4 is 0 Å². The van der Waals surface area contributed by atoms with Gasteiger partial charge in [0.15, 0.2) is 6.29 Å². The Kier molecular flexibility index (Phi) is 4.38. The quantitative estimate of drug-likeness (QED) is 0.457. The molecule has 5 nitrogen and oxygen atoms in total. The van der Waals surface area contributed by atoms with E-state index in [2.05, 4.69) is 10.0 Å². The summed E-state index contributed by atoms with van der Waals surface area (Å²) in [5.41, 5.74) is 9.32. The number of hydrogen-bond donors (Lipinski definition) is 0. The molecule has 5 heteroatoms. The highest BCUT2D eigenvalue weighted by molar-refractivity contribution is 5.16. The Hall–Kier alpha value is -1.55. The molecule has 1 aliphatic rings. The maximum absolute atomic E-state index is 8.32. The average Bonchev–Trinajstić information content (AvgIpc) is 2.63. The standard InChI is InChI=1S/C12H15N3O2/c13-15-14-9-11-7-4-8-16-12(17-11)10-5-2-1-3-6-10/h1-3,5-6,11-12H,4,7-9H2/t11-,12?/m0/s1. The second-order valence-corrected chi connectivity index (χ2v) is 3.93. The van der Waals surface area contributed by atoms with Gasteiger partial charge in [0.05, 0.1) is 19.3 Å². The monoisotopic (exact) mass is 233 g/mol. The summed E-state index contributed by atoms with van der Waals surface area (Å²) in [6.45, 7) is 1.04. The molecule has 0 spiro atoms. The van der Waals surface area contributed by atoms with Crippen molar-refractivity contribution in [2.75, 3.05) is 13.2 Å². The fraction of sp³-hybridized carbons (Fsp3) is 0.500. The first-order valence-electron chi connectivity index (χ1n) is 5.73. The Bertz CT molecular complexity index is 390. The fourth-order valence-electron chi connectivity index (χ4n) is 1.83. The number of rotatable bonds is 3. The highest BCUT2D eigenvalue weighted by Gasteiger charge is 2.21. The summed E-state index contributed by atoms with van der Waals surface area (Å²) in [6.07, 6.45) is 1.38. The zero-order valence-electron chi connectivity index (χ0n) is 9.53. The van der Waals surface area contributed by atoms with Crippen molar-refractivity contribution in [1.29, 1.82) is 0 Å². The Morgan fingerprint density at radius 2 is 2.18 bits per heavy atom. The fourth-order valence-corrected chi connectivity index (χ4v) is 1.83. The van der Waals surface area contributed by atoms with E-state index in [1.54, 1.807) is 0 Å². The highest BCUT2D eigenvalue weighted by Crippen LogP contribution is 2.25. The van der Waals surface area contributed by atoms with Crippen LogP contribution in [0.2, 0.25) is 0 Å². The zero-order chi connectivity index (χ0) is 11.9. The SMILES string of the molecule is [N-]=[N+]=NC[C@@H]1CCCOC(c2ccccc2)O1. The van der Waals surface area contributed by atoms with Gasteiger partial charge in [-0.1, -0.05) is 35.4 Å². The third kappa shape index (κ3) is 3.46. The summed E-state index contributed by atoms with van der Waals surface area (Å²) < 4.78 is 11.5. The lowest BCUT2D eigenvalue weighted by molar-refractivity contribution is -0.155. The van der Waals surface area contributed by atoms with Gasteiger partial charge in [0.1, 0.15) is 0 Å². The predicted octanol–water partition coefficient (Wildman–Crippen LogP) is 3.19. The molecular weight excluding hydrogens is 218 g/mol. The van der Waals surface area contributed by atoms with Crippen LogP contribution in [0.1, 0.15) is 24.7 Å². The number of ether oxygens (including phenoxy) is 2. The molecular formula is C12H15N3O2. The molecule has 90 valence electrons. The first-order chi connectivity index (χ1) is 8.40. The zero-order valence-corrected chi connectivity index (χ0v) is 9.53. The smallest absolute Gasteiger partial charge is 0.184 e. The summed E-state index contributed by atoms with van der Waals surface area (Å²) in [6, 6.07) is 9.81. The maximum atomic E-state index is 8.32. The molecule has 0 aromatic heterocycles. The maximum Gasteiger partial charge on any atom is 0.184 e. The molecule has 0 aliphatic carbocycles. The summed E-state index contributed by atoms with van der Waals surface area (Å²) in [4.78, 5) is 2.76. The Morgan fingerprint density at radius 3 is 2.94 bits per heavy atom. The van der Waals surface area contributed by atoms with Crippen LogP contribution in [0, 0.1) is 0 Å². The first kappa shape index (κ1) is 11.9. The summed E-state index contributed by atoms with van der Waals surface area (Å²) in [5.74, 6) is 0. The largest absolute Gasteiger partial charge is 0.348 e. The molecule has 17 heavy (non-hydrogen) atoms. The lowest BCUT2D eigenvalue weighted by Gasteiger charge is -2.20. The van der Waals surface area contributed by atoms with Crippen LogP contribution in [-0.4, -0.2) is 19.3 Å². The molecule has 1 aromatic rings. The molecule has 1 aliphatic heterocycles. The number of benzene rings is 1. The van der Waals surface area contributed by atoms with Gasteiger partial charge in [0.2, 0.25) is 0 Å². The van der Waals surface area contributed by atoms with E-state index in [4.69, 9.17) is 15.0 Å². The van der Waals surface area contributed by atoms with Crippen molar-refractivity contribution in [2.24, 2.45) is 5.11 Å². The van der Waals surface area contributed by atoms with Crippen molar-refractivity contribution in [3.63, 3.8) is 0 Å². The van der Waals surface area contributed by atoms with E-state index in [1.807, 2.05) is 30.3 Å². The Balaban J connectivity index is 2.04. The van der Waals surface area contributed by atoms with Gasteiger partial charge in [0, 0.05) is 10.5 Å². The third-order valence-corrected chi connectivity index (χ3v) is 2.68. The second-order valence-electron chi connectivity index (χ2n) is 3.93. The molecule has 0 bridgehead atoms. The van der Waals surface area contributed by atoms with Crippen molar-refractivity contribution in [2.45, 2.75) is 25.2 Å². The topological polar surface area (TPSA) is 67.2 Å². The van der Waals surface area contributed by atoms with Crippen molar-refractivity contribution in [3.8, 4) is 0 Å². The van der Waals surface area contributed by atoms with Crippen LogP contribution in [0.3, 0.4) is 0 Å². The molecule has 0 amide bonds. The number of nitrogens with zero attached hydrogens (tertiary/aromatic N) is 3. The van der Waals surface area contributed by atoms with Gasteiger partial charge in [-0.15, -0.1) is 0 Å². The minimum absolute atomic E-state index is 0.0568. The van der Waals surface area contributed by atoms with Crippen LogP contribution in [0.15, 0.2) is 35.4 Å². The van der Waals surface area contributed by atoms with Crippen molar-refractivity contribution < 1.29 is 9.47 Å². The summed E-state index contributed by atoms with van der Waals surface area (Å²) in [7, 11) is 0. The van der Waals surface area contributed by atoms with Crippen LogP contribution in [0.4, 0.5) is 0 Å². The van der Waals surface area contributed by atoms with Gasteiger partial charge in [-0.25, -0.2) is 0 Å². The van der Waals surface area contributed by atoms with Crippen LogP contribution in [0.25, 0.3) is 10.4 Å². The highest BCUT2D eigenvalue weighted by atomic mass is 16.7. The average molecular weight is 233 g/mol. The van der Waals surface area contributed by atoms with Gasteiger partial charge >= 0.3 is 0 Å². The predicted molar refractivity (Wildman–Crippen MR) is 63.3 cm³/mol. The van der Waals surface area contributed by atoms with E-state index in [0.717, 1.165) is 18.4 Å². The van der Waals surface area contributed by atoms with E-state index in [-0.39, 0.29) is 12.4 Å². The molecule has 0 radical (unpaired) electrons. The molecule has 1 fully saturated rings.